The second kappa shape index (κ2) is 9.04. The number of rotatable bonds is 7. The van der Waals surface area contributed by atoms with Crippen molar-refractivity contribution in [1.82, 2.24) is 10.2 Å². The maximum absolute atomic E-state index is 12.8. The molecule has 2 aromatic rings. The highest BCUT2D eigenvalue weighted by atomic mass is 32.2. The van der Waals surface area contributed by atoms with Crippen molar-refractivity contribution in [3.8, 4) is 0 Å². The largest absolute Gasteiger partial charge is 0.379 e. The fourth-order valence-electron chi connectivity index (χ4n) is 3.00. The molecule has 1 amide bonds. The van der Waals surface area contributed by atoms with Crippen LogP contribution in [0, 0.1) is 0 Å². The lowest BCUT2D eigenvalue weighted by Crippen LogP contribution is -2.55. The number of benzene rings is 1. The van der Waals surface area contributed by atoms with Gasteiger partial charge in [0.1, 0.15) is 0 Å². The molecule has 3 rings (SSSR count). The number of thiophene rings is 1. The van der Waals surface area contributed by atoms with E-state index in [2.05, 4.69) is 41.6 Å². The van der Waals surface area contributed by atoms with Crippen LogP contribution >= 0.6 is 23.1 Å². The summed E-state index contributed by atoms with van der Waals surface area (Å²) in [6, 6.07) is 12.1. The molecule has 0 bridgehead atoms. The predicted molar refractivity (Wildman–Crippen MR) is 109 cm³/mol. The monoisotopic (exact) mass is 390 g/mol. The molecule has 0 saturated carbocycles. The molecule has 1 fully saturated rings. The number of hydrogen-bond acceptors (Lipinski definition) is 5. The quantitative estimate of drug-likeness (QED) is 0.729. The van der Waals surface area contributed by atoms with Gasteiger partial charge < -0.3 is 10.1 Å². The lowest BCUT2D eigenvalue weighted by molar-refractivity contribution is -0.00924. The minimum Gasteiger partial charge on any atom is -0.379 e. The van der Waals surface area contributed by atoms with E-state index >= 15 is 0 Å². The first-order chi connectivity index (χ1) is 12.6. The van der Waals surface area contributed by atoms with E-state index in [-0.39, 0.29) is 11.4 Å². The molecule has 1 N–H and O–H groups in total. The molecule has 0 spiro atoms. The highest BCUT2D eigenvalue weighted by Crippen LogP contribution is 2.28. The zero-order valence-corrected chi connectivity index (χ0v) is 17.0. The molecule has 26 heavy (non-hydrogen) atoms. The Hall–Kier alpha value is -1.34. The van der Waals surface area contributed by atoms with Crippen LogP contribution in [0.2, 0.25) is 0 Å². The van der Waals surface area contributed by atoms with Crippen LogP contribution in [0.1, 0.15) is 29.1 Å². The Balaban J connectivity index is 1.60. The Morgan fingerprint density at radius 1 is 1.23 bits per heavy atom. The minimum absolute atomic E-state index is 0.000569. The van der Waals surface area contributed by atoms with Crippen molar-refractivity contribution in [3.63, 3.8) is 0 Å². The second-order valence-electron chi connectivity index (χ2n) is 6.96. The summed E-state index contributed by atoms with van der Waals surface area (Å²) in [6.07, 6.45) is 0. The molecule has 0 radical (unpaired) electrons. The molecule has 1 aliphatic heterocycles. The second-order valence-corrected chi connectivity index (χ2v) is 9.01. The van der Waals surface area contributed by atoms with E-state index in [4.69, 9.17) is 4.74 Å². The summed E-state index contributed by atoms with van der Waals surface area (Å²) in [5, 5.41) is 5.22. The Kier molecular flexibility index (Phi) is 6.75. The van der Waals surface area contributed by atoms with Crippen LogP contribution in [0.25, 0.3) is 0 Å². The molecule has 1 aromatic carbocycles. The molecule has 0 unspecified atom stereocenters. The Morgan fingerprint density at radius 3 is 2.73 bits per heavy atom. The fraction of sp³-hybridized carbons (Fsp3) is 0.450. The number of carbonyl (C=O) groups is 1. The molecule has 140 valence electrons. The summed E-state index contributed by atoms with van der Waals surface area (Å²) in [4.78, 5) is 17.5. The highest BCUT2D eigenvalue weighted by molar-refractivity contribution is 7.98. The lowest BCUT2D eigenvalue weighted by Gasteiger charge is -2.40. The van der Waals surface area contributed by atoms with E-state index in [9.17, 15) is 4.79 Å². The molecule has 1 saturated heterocycles. The molecule has 1 aliphatic rings. The zero-order valence-electron chi connectivity index (χ0n) is 15.4. The molecule has 1 aromatic heterocycles. The van der Waals surface area contributed by atoms with Crippen molar-refractivity contribution >= 4 is 29.0 Å². The van der Waals surface area contributed by atoms with Gasteiger partial charge in [-0.1, -0.05) is 18.2 Å². The van der Waals surface area contributed by atoms with Gasteiger partial charge in [-0.3, -0.25) is 9.69 Å². The topological polar surface area (TPSA) is 41.6 Å². The van der Waals surface area contributed by atoms with Crippen molar-refractivity contribution in [2.45, 2.75) is 30.0 Å². The summed E-state index contributed by atoms with van der Waals surface area (Å²) in [6.45, 7) is 8.33. The maximum Gasteiger partial charge on any atom is 0.252 e. The molecule has 4 nitrogen and oxygen atoms in total. The van der Waals surface area contributed by atoms with Crippen molar-refractivity contribution in [2.75, 3.05) is 32.8 Å². The minimum atomic E-state index is -0.0848. The Labute approximate surface area is 163 Å². The van der Waals surface area contributed by atoms with E-state index in [0.717, 1.165) is 42.5 Å². The molecule has 6 heteroatoms. The predicted octanol–water partition coefficient (Wildman–Crippen LogP) is 3.88. The van der Waals surface area contributed by atoms with E-state index in [1.165, 1.54) is 4.88 Å². The van der Waals surface area contributed by atoms with Gasteiger partial charge in [0.2, 0.25) is 0 Å². The summed E-state index contributed by atoms with van der Waals surface area (Å²) < 4.78 is 5.43. The fourth-order valence-corrected chi connectivity index (χ4v) is 4.82. The Bertz CT molecular complexity index is 710. The number of morpholine rings is 1. The van der Waals surface area contributed by atoms with Gasteiger partial charge >= 0.3 is 0 Å². The first-order valence-electron chi connectivity index (χ1n) is 8.91. The number of nitrogens with one attached hydrogen (secondary N) is 1. The number of amides is 1. The third kappa shape index (κ3) is 5.10. The van der Waals surface area contributed by atoms with Gasteiger partial charge in [0.25, 0.3) is 5.91 Å². The summed E-state index contributed by atoms with van der Waals surface area (Å²) >= 11 is 3.47. The number of nitrogens with zero attached hydrogens (tertiary/aromatic N) is 1. The van der Waals surface area contributed by atoms with Crippen LogP contribution in [0.4, 0.5) is 0 Å². The van der Waals surface area contributed by atoms with Crippen molar-refractivity contribution < 1.29 is 9.53 Å². The van der Waals surface area contributed by atoms with Gasteiger partial charge in [-0.2, -0.15) is 0 Å². The van der Waals surface area contributed by atoms with E-state index in [0.29, 0.717) is 6.54 Å². The number of hydrogen-bond donors (Lipinski definition) is 1. The van der Waals surface area contributed by atoms with Crippen LogP contribution in [-0.4, -0.2) is 49.2 Å². The highest BCUT2D eigenvalue weighted by Gasteiger charge is 2.28. The van der Waals surface area contributed by atoms with Gasteiger partial charge in [0, 0.05) is 40.7 Å². The zero-order chi connectivity index (χ0) is 18.4. The van der Waals surface area contributed by atoms with Crippen LogP contribution in [0.5, 0.6) is 0 Å². The lowest BCUT2D eigenvalue weighted by atomic mass is 10.0. The normalized spacial score (nSPS) is 15.8. The standard InChI is InChI=1S/C20H26N2O2S2/c1-20(2,22-9-11-24-12-10-22)15-21-19(23)17-7-3-4-8-18(17)26-14-16-6-5-13-25-16/h3-8,13H,9-12,14-15H2,1-2H3,(H,21,23). The van der Waals surface area contributed by atoms with Crippen molar-refractivity contribution in [1.29, 1.82) is 0 Å². The molecular weight excluding hydrogens is 364 g/mol. The van der Waals surface area contributed by atoms with Gasteiger partial charge in [-0.15, -0.1) is 23.1 Å². The van der Waals surface area contributed by atoms with Gasteiger partial charge in [0.05, 0.1) is 18.8 Å². The summed E-state index contributed by atoms with van der Waals surface area (Å²) in [5.74, 6) is 0.891. The third-order valence-corrected chi connectivity index (χ3v) is 6.81. The van der Waals surface area contributed by atoms with Gasteiger partial charge in [-0.05, 0) is 37.4 Å². The SMILES string of the molecule is CC(C)(CNC(=O)c1ccccc1SCc1cccs1)N1CCOCC1. The van der Waals surface area contributed by atoms with E-state index < -0.39 is 0 Å². The van der Waals surface area contributed by atoms with Gasteiger partial charge in [0.15, 0.2) is 0 Å². The van der Waals surface area contributed by atoms with E-state index in [1.54, 1.807) is 23.1 Å². The smallest absolute Gasteiger partial charge is 0.252 e. The van der Waals surface area contributed by atoms with Crippen LogP contribution in [0.3, 0.4) is 0 Å². The summed E-state index contributed by atoms with van der Waals surface area (Å²) in [7, 11) is 0. The number of ether oxygens (including phenoxy) is 1. The number of thioether (sulfide) groups is 1. The van der Waals surface area contributed by atoms with E-state index in [1.807, 2.05) is 24.3 Å². The number of carbonyl (C=O) groups excluding carboxylic acids is 1. The molecular formula is C20H26N2O2S2. The third-order valence-electron chi connectivity index (χ3n) is 4.63. The average molecular weight is 391 g/mol. The molecule has 2 heterocycles. The van der Waals surface area contributed by atoms with Crippen molar-refractivity contribution in [2.24, 2.45) is 0 Å². The molecule has 0 atom stereocenters. The van der Waals surface area contributed by atoms with Gasteiger partial charge in [-0.25, -0.2) is 0 Å². The molecule has 0 aliphatic carbocycles. The average Bonchev–Trinajstić information content (AvgIpc) is 3.19. The summed E-state index contributed by atoms with van der Waals surface area (Å²) in [5.41, 5.74) is 0.672. The van der Waals surface area contributed by atoms with Crippen molar-refractivity contribution in [3.05, 3.63) is 52.2 Å². The van der Waals surface area contributed by atoms with Crippen LogP contribution in [0.15, 0.2) is 46.7 Å². The first-order valence-corrected chi connectivity index (χ1v) is 10.8. The maximum atomic E-state index is 12.8. The first kappa shape index (κ1) is 19.4. The Morgan fingerprint density at radius 2 is 2.00 bits per heavy atom. The van der Waals surface area contributed by atoms with Crippen LogP contribution in [-0.2, 0) is 10.5 Å². The van der Waals surface area contributed by atoms with Crippen LogP contribution < -0.4 is 5.32 Å².